The van der Waals surface area contributed by atoms with Crippen LogP contribution in [0.25, 0.3) is 0 Å². The Balaban J connectivity index is 2.71. The van der Waals surface area contributed by atoms with E-state index in [-0.39, 0.29) is 11.3 Å². The Morgan fingerprint density at radius 1 is 1.41 bits per heavy atom. The van der Waals surface area contributed by atoms with Crippen LogP contribution in [0.2, 0.25) is 0 Å². The molecule has 1 aromatic rings. The van der Waals surface area contributed by atoms with Crippen LogP contribution < -0.4 is 10.1 Å². The van der Waals surface area contributed by atoms with Crippen LogP contribution in [0, 0.1) is 0 Å². The molecule has 0 fully saturated rings. The number of para-hydroxylation sites is 1. The molecule has 0 aromatic heterocycles. The molecular formula is C11H12BrF2NO2. The molecule has 0 unspecified atom stereocenters. The summed E-state index contributed by atoms with van der Waals surface area (Å²) in [7, 11) is 0. The standard InChI is InChI=1S/C11H12BrF2NO2/c12-6-3-7-15-10(16)8-4-1-2-5-9(8)17-11(13)14/h1-2,4-5,11H,3,6-7H2,(H,15,16). The second kappa shape index (κ2) is 7.21. The molecule has 6 heteroatoms. The normalized spacial score (nSPS) is 10.4. The average Bonchev–Trinajstić information content (AvgIpc) is 2.29. The number of carbonyl (C=O) groups excluding carboxylic acids is 1. The van der Waals surface area contributed by atoms with Crippen LogP contribution in [0.3, 0.4) is 0 Å². The number of carbonyl (C=O) groups is 1. The first-order valence-electron chi connectivity index (χ1n) is 5.03. The summed E-state index contributed by atoms with van der Waals surface area (Å²) in [6.07, 6.45) is 0.767. The van der Waals surface area contributed by atoms with E-state index in [1.807, 2.05) is 0 Å². The third kappa shape index (κ3) is 4.68. The molecule has 0 bridgehead atoms. The molecule has 1 N–H and O–H groups in total. The van der Waals surface area contributed by atoms with Gasteiger partial charge in [-0.1, -0.05) is 28.1 Å². The quantitative estimate of drug-likeness (QED) is 0.648. The van der Waals surface area contributed by atoms with Crippen LogP contribution >= 0.6 is 15.9 Å². The first kappa shape index (κ1) is 13.9. The molecular weight excluding hydrogens is 296 g/mol. The molecule has 0 spiro atoms. The second-order valence-electron chi connectivity index (χ2n) is 3.17. The molecule has 1 amide bonds. The molecule has 0 atom stereocenters. The van der Waals surface area contributed by atoms with Gasteiger partial charge >= 0.3 is 6.61 Å². The Kier molecular flexibility index (Phi) is 5.90. The molecule has 0 aliphatic heterocycles. The second-order valence-corrected chi connectivity index (χ2v) is 3.97. The molecule has 17 heavy (non-hydrogen) atoms. The van der Waals surface area contributed by atoms with Crippen molar-refractivity contribution in [2.75, 3.05) is 11.9 Å². The van der Waals surface area contributed by atoms with Crippen molar-refractivity contribution in [2.24, 2.45) is 0 Å². The van der Waals surface area contributed by atoms with Gasteiger partial charge in [0.25, 0.3) is 5.91 Å². The summed E-state index contributed by atoms with van der Waals surface area (Å²) in [4.78, 5) is 11.7. The number of nitrogens with one attached hydrogen (secondary N) is 1. The molecule has 0 saturated heterocycles. The van der Waals surface area contributed by atoms with E-state index in [2.05, 4.69) is 26.0 Å². The van der Waals surface area contributed by atoms with E-state index >= 15 is 0 Å². The van der Waals surface area contributed by atoms with Crippen molar-refractivity contribution in [1.82, 2.24) is 5.32 Å². The molecule has 0 radical (unpaired) electrons. The maximum Gasteiger partial charge on any atom is 0.387 e. The van der Waals surface area contributed by atoms with Gasteiger partial charge in [-0.3, -0.25) is 4.79 Å². The smallest absolute Gasteiger partial charge is 0.387 e. The summed E-state index contributed by atoms with van der Waals surface area (Å²) in [6, 6.07) is 5.91. The van der Waals surface area contributed by atoms with E-state index in [0.29, 0.717) is 6.54 Å². The van der Waals surface area contributed by atoms with Gasteiger partial charge in [0.05, 0.1) is 5.56 Å². The number of amides is 1. The van der Waals surface area contributed by atoms with Crippen molar-refractivity contribution in [3.05, 3.63) is 29.8 Å². The van der Waals surface area contributed by atoms with Gasteiger partial charge in [-0.2, -0.15) is 8.78 Å². The Labute approximate surface area is 106 Å². The van der Waals surface area contributed by atoms with E-state index in [0.717, 1.165) is 11.8 Å². The molecule has 1 aromatic carbocycles. The number of halogens is 3. The van der Waals surface area contributed by atoms with Gasteiger partial charge < -0.3 is 10.1 Å². The van der Waals surface area contributed by atoms with Gasteiger partial charge in [0.2, 0.25) is 0 Å². The monoisotopic (exact) mass is 307 g/mol. The maximum atomic E-state index is 12.1. The number of benzene rings is 1. The zero-order valence-electron chi connectivity index (χ0n) is 8.96. The molecule has 0 aliphatic rings. The molecule has 3 nitrogen and oxygen atoms in total. The van der Waals surface area contributed by atoms with E-state index in [1.54, 1.807) is 6.07 Å². The summed E-state index contributed by atoms with van der Waals surface area (Å²) in [5.74, 6) is -0.527. The highest BCUT2D eigenvalue weighted by molar-refractivity contribution is 9.09. The van der Waals surface area contributed by atoms with Gasteiger partial charge in [-0.05, 0) is 18.6 Å². The predicted octanol–water partition coefficient (Wildman–Crippen LogP) is 2.80. The SMILES string of the molecule is O=C(NCCCBr)c1ccccc1OC(F)F. The first-order chi connectivity index (χ1) is 8.15. The van der Waals surface area contributed by atoms with Crippen LogP contribution in [0.5, 0.6) is 5.75 Å². The van der Waals surface area contributed by atoms with Gasteiger partial charge in [0.15, 0.2) is 0 Å². The van der Waals surface area contributed by atoms with Gasteiger partial charge in [-0.15, -0.1) is 0 Å². The number of hydrogen-bond donors (Lipinski definition) is 1. The van der Waals surface area contributed by atoms with E-state index < -0.39 is 12.5 Å². The summed E-state index contributed by atoms with van der Waals surface area (Å²) < 4.78 is 28.5. The minimum Gasteiger partial charge on any atom is -0.434 e. The fourth-order valence-electron chi connectivity index (χ4n) is 1.22. The summed E-state index contributed by atoms with van der Waals surface area (Å²) >= 11 is 3.23. The van der Waals surface area contributed by atoms with Crippen molar-refractivity contribution in [3.63, 3.8) is 0 Å². The van der Waals surface area contributed by atoms with Crippen LogP contribution in [0.15, 0.2) is 24.3 Å². The van der Waals surface area contributed by atoms with Crippen molar-refractivity contribution in [3.8, 4) is 5.75 Å². The lowest BCUT2D eigenvalue weighted by Gasteiger charge is -2.10. The van der Waals surface area contributed by atoms with Gasteiger partial charge in [-0.25, -0.2) is 0 Å². The number of ether oxygens (including phenoxy) is 1. The Hall–Kier alpha value is -1.17. The van der Waals surface area contributed by atoms with Crippen LogP contribution in [0.1, 0.15) is 16.8 Å². The van der Waals surface area contributed by atoms with E-state index in [9.17, 15) is 13.6 Å². The van der Waals surface area contributed by atoms with Crippen molar-refractivity contribution in [2.45, 2.75) is 13.0 Å². The lowest BCUT2D eigenvalue weighted by Crippen LogP contribution is -2.25. The molecule has 0 aliphatic carbocycles. The number of alkyl halides is 3. The number of hydrogen-bond acceptors (Lipinski definition) is 2. The minimum absolute atomic E-state index is 0.112. The van der Waals surface area contributed by atoms with Crippen molar-refractivity contribution >= 4 is 21.8 Å². The zero-order valence-corrected chi connectivity index (χ0v) is 10.5. The summed E-state index contributed by atoms with van der Waals surface area (Å²) in [5.41, 5.74) is 0.113. The lowest BCUT2D eigenvalue weighted by atomic mass is 10.2. The van der Waals surface area contributed by atoms with Crippen LogP contribution in [0.4, 0.5) is 8.78 Å². The topological polar surface area (TPSA) is 38.3 Å². The molecule has 94 valence electrons. The minimum atomic E-state index is -2.94. The predicted molar refractivity (Wildman–Crippen MR) is 63.8 cm³/mol. The molecule has 1 rings (SSSR count). The molecule has 0 saturated carbocycles. The third-order valence-electron chi connectivity index (χ3n) is 1.94. The first-order valence-corrected chi connectivity index (χ1v) is 6.15. The van der Waals surface area contributed by atoms with Crippen molar-refractivity contribution in [1.29, 1.82) is 0 Å². The van der Waals surface area contributed by atoms with Crippen molar-refractivity contribution < 1.29 is 18.3 Å². The number of rotatable bonds is 6. The van der Waals surface area contributed by atoms with Gasteiger partial charge in [0.1, 0.15) is 5.75 Å². The Bertz CT molecular complexity index is 374. The van der Waals surface area contributed by atoms with E-state index in [4.69, 9.17) is 0 Å². The Morgan fingerprint density at radius 2 is 2.12 bits per heavy atom. The highest BCUT2D eigenvalue weighted by Gasteiger charge is 2.14. The third-order valence-corrected chi connectivity index (χ3v) is 2.50. The largest absolute Gasteiger partial charge is 0.434 e. The fourth-order valence-corrected chi connectivity index (χ4v) is 1.50. The Morgan fingerprint density at radius 3 is 2.76 bits per heavy atom. The highest BCUT2D eigenvalue weighted by Crippen LogP contribution is 2.19. The highest BCUT2D eigenvalue weighted by atomic mass is 79.9. The lowest BCUT2D eigenvalue weighted by molar-refractivity contribution is -0.0501. The van der Waals surface area contributed by atoms with Crippen LogP contribution in [-0.2, 0) is 0 Å². The summed E-state index contributed by atoms with van der Waals surface area (Å²) in [6.45, 7) is -2.46. The summed E-state index contributed by atoms with van der Waals surface area (Å²) in [5, 5.41) is 3.39. The molecule has 0 heterocycles. The zero-order chi connectivity index (χ0) is 12.7. The van der Waals surface area contributed by atoms with Crippen LogP contribution in [-0.4, -0.2) is 24.4 Å². The maximum absolute atomic E-state index is 12.1. The average molecular weight is 308 g/mol. The fraction of sp³-hybridized carbons (Fsp3) is 0.364. The van der Waals surface area contributed by atoms with E-state index in [1.165, 1.54) is 18.2 Å². The van der Waals surface area contributed by atoms with Gasteiger partial charge in [0, 0.05) is 11.9 Å².